The largest absolute Gasteiger partial charge is 0.356 e. The smallest absolute Gasteiger partial charge is 0.236 e. The van der Waals surface area contributed by atoms with E-state index >= 15 is 0 Å². The second kappa shape index (κ2) is 2.87. The average molecular weight is 196 g/mol. The summed E-state index contributed by atoms with van der Waals surface area (Å²) in [6, 6.07) is -0.481. The second-order valence-electron chi connectivity index (χ2n) is 4.01. The van der Waals surface area contributed by atoms with Crippen molar-refractivity contribution >= 4 is 5.91 Å². The fraction of sp³-hybridized carbons (Fsp3) is 0.875. The summed E-state index contributed by atoms with van der Waals surface area (Å²) < 4.78 is 5.47. The van der Waals surface area contributed by atoms with Crippen LogP contribution >= 0.6 is 0 Å². The summed E-state index contributed by atoms with van der Waals surface area (Å²) in [6.45, 7) is 4.31. The number of carbonyl (C=O) groups excluding carboxylic acids is 1. The van der Waals surface area contributed by atoms with E-state index in [0.717, 1.165) is 6.42 Å². The molecular formula is C8H12N4O2. The molecule has 0 radical (unpaired) electrons. The fourth-order valence-corrected chi connectivity index (χ4v) is 2.16. The Hall–Kier alpha value is -1.26. The normalized spacial score (nSPS) is 34.1. The molecule has 2 fully saturated rings. The Kier molecular flexibility index (Phi) is 1.90. The van der Waals surface area contributed by atoms with Crippen LogP contribution in [0.2, 0.25) is 0 Å². The molecule has 2 saturated heterocycles. The van der Waals surface area contributed by atoms with Gasteiger partial charge in [0.15, 0.2) is 0 Å². The van der Waals surface area contributed by atoms with E-state index in [-0.39, 0.29) is 11.9 Å². The van der Waals surface area contributed by atoms with E-state index in [1.54, 1.807) is 4.90 Å². The molecular weight excluding hydrogens is 184 g/mol. The van der Waals surface area contributed by atoms with Crippen molar-refractivity contribution in [1.82, 2.24) is 4.90 Å². The minimum Gasteiger partial charge on any atom is -0.356 e. The minimum absolute atomic E-state index is 0.0298. The number of amides is 1. The van der Waals surface area contributed by atoms with Crippen LogP contribution in [0.15, 0.2) is 5.11 Å². The highest BCUT2D eigenvalue weighted by Crippen LogP contribution is 2.37. The van der Waals surface area contributed by atoms with Crippen LogP contribution in [0.1, 0.15) is 20.3 Å². The molecule has 0 N–H and O–H groups in total. The van der Waals surface area contributed by atoms with E-state index in [2.05, 4.69) is 10.0 Å². The van der Waals surface area contributed by atoms with Crippen LogP contribution < -0.4 is 0 Å². The minimum atomic E-state index is -0.554. The number of hydrogen-bond donors (Lipinski definition) is 0. The number of β-lactam (4-membered cyclic amide) rings is 1. The van der Waals surface area contributed by atoms with E-state index in [1.807, 2.05) is 13.8 Å². The van der Waals surface area contributed by atoms with Gasteiger partial charge in [-0.1, -0.05) is 5.11 Å². The van der Waals surface area contributed by atoms with E-state index < -0.39 is 11.8 Å². The molecule has 1 amide bonds. The van der Waals surface area contributed by atoms with Crippen LogP contribution in [0.25, 0.3) is 10.4 Å². The van der Waals surface area contributed by atoms with Gasteiger partial charge in [-0.05, 0) is 25.8 Å². The van der Waals surface area contributed by atoms with Crippen LogP contribution in [0, 0.1) is 0 Å². The van der Waals surface area contributed by atoms with Gasteiger partial charge >= 0.3 is 0 Å². The first-order valence-electron chi connectivity index (χ1n) is 4.59. The predicted octanol–water partition coefficient (Wildman–Crippen LogP) is 1.03. The van der Waals surface area contributed by atoms with Crippen LogP contribution in [-0.2, 0) is 9.53 Å². The predicted molar refractivity (Wildman–Crippen MR) is 48.2 cm³/mol. The van der Waals surface area contributed by atoms with Crippen LogP contribution in [0.5, 0.6) is 0 Å². The first kappa shape index (κ1) is 9.30. The first-order valence-corrected chi connectivity index (χ1v) is 4.59. The molecule has 0 aliphatic carbocycles. The SMILES string of the molecule is CC1(C)OCC[C@@H]2[C@@H](N=[N+]=[N-])C(=O)N21. The number of ether oxygens (including phenoxy) is 1. The zero-order valence-electron chi connectivity index (χ0n) is 8.17. The third-order valence-corrected chi connectivity index (χ3v) is 2.81. The number of rotatable bonds is 1. The Morgan fingerprint density at radius 2 is 2.43 bits per heavy atom. The van der Waals surface area contributed by atoms with E-state index in [1.165, 1.54) is 0 Å². The van der Waals surface area contributed by atoms with Gasteiger partial charge in [-0.25, -0.2) is 0 Å². The van der Waals surface area contributed by atoms with Crippen LogP contribution in [0.3, 0.4) is 0 Å². The third-order valence-electron chi connectivity index (χ3n) is 2.81. The van der Waals surface area contributed by atoms with Gasteiger partial charge in [-0.2, -0.15) is 0 Å². The van der Waals surface area contributed by atoms with Gasteiger partial charge in [0.25, 0.3) is 0 Å². The molecule has 0 saturated carbocycles. The molecule has 0 aromatic heterocycles. The van der Waals surface area contributed by atoms with Crippen molar-refractivity contribution in [3.63, 3.8) is 0 Å². The number of fused-ring (bicyclic) bond motifs is 1. The van der Waals surface area contributed by atoms with Gasteiger partial charge in [0.2, 0.25) is 5.91 Å². The molecule has 2 heterocycles. The van der Waals surface area contributed by atoms with Crippen molar-refractivity contribution < 1.29 is 9.53 Å². The maximum Gasteiger partial charge on any atom is 0.236 e. The molecule has 0 unspecified atom stereocenters. The van der Waals surface area contributed by atoms with E-state index in [9.17, 15) is 4.79 Å². The number of nitrogens with zero attached hydrogens (tertiary/aromatic N) is 4. The molecule has 76 valence electrons. The highest BCUT2D eigenvalue weighted by molar-refractivity contribution is 5.90. The molecule has 2 rings (SSSR count). The topological polar surface area (TPSA) is 78.3 Å². The summed E-state index contributed by atoms with van der Waals surface area (Å²) in [4.78, 5) is 15.9. The standard InChI is InChI=1S/C8H12N4O2/c1-8(2)12-5(3-4-14-8)6(7(12)13)10-11-9/h5-6H,3-4H2,1-2H3/t5-,6-/m1/s1. The van der Waals surface area contributed by atoms with E-state index in [0.29, 0.717) is 6.61 Å². The lowest BCUT2D eigenvalue weighted by Crippen LogP contribution is -2.73. The van der Waals surface area contributed by atoms with Crippen molar-refractivity contribution in [1.29, 1.82) is 0 Å². The van der Waals surface area contributed by atoms with Crippen molar-refractivity contribution in [2.45, 2.75) is 38.1 Å². The Morgan fingerprint density at radius 3 is 3.07 bits per heavy atom. The summed E-state index contributed by atoms with van der Waals surface area (Å²) in [5, 5.41) is 3.49. The highest BCUT2D eigenvalue weighted by Gasteiger charge is 2.55. The quantitative estimate of drug-likeness (QED) is 0.272. The summed E-state index contributed by atoms with van der Waals surface area (Å²) in [5.74, 6) is -0.127. The number of azide groups is 1. The molecule has 0 aromatic carbocycles. The first-order chi connectivity index (χ1) is 6.58. The van der Waals surface area contributed by atoms with Crippen molar-refractivity contribution in [3.05, 3.63) is 10.4 Å². The molecule has 0 bridgehead atoms. The maximum absolute atomic E-state index is 11.6. The van der Waals surface area contributed by atoms with Gasteiger partial charge in [0, 0.05) is 4.91 Å². The molecule has 2 aliphatic rings. The molecule has 0 spiro atoms. The van der Waals surface area contributed by atoms with Crippen LogP contribution in [-0.4, -0.2) is 35.2 Å². The van der Waals surface area contributed by atoms with Gasteiger partial charge in [0.1, 0.15) is 11.8 Å². The average Bonchev–Trinajstić information content (AvgIpc) is 2.12. The summed E-state index contributed by atoms with van der Waals surface area (Å²) in [7, 11) is 0. The van der Waals surface area contributed by atoms with Crippen molar-refractivity contribution in [3.8, 4) is 0 Å². The van der Waals surface area contributed by atoms with Crippen LogP contribution in [0.4, 0.5) is 0 Å². The fourth-order valence-electron chi connectivity index (χ4n) is 2.16. The van der Waals surface area contributed by atoms with Crippen molar-refractivity contribution in [2.24, 2.45) is 5.11 Å². The molecule has 2 aliphatic heterocycles. The summed E-state index contributed by atoms with van der Waals surface area (Å²) >= 11 is 0. The van der Waals surface area contributed by atoms with E-state index in [4.69, 9.17) is 10.3 Å². The zero-order valence-corrected chi connectivity index (χ0v) is 8.17. The number of hydrogen-bond acceptors (Lipinski definition) is 3. The van der Waals surface area contributed by atoms with Gasteiger partial charge in [0.05, 0.1) is 12.6 Å². The summed E-state index contributed by atoms with van der Waals surface area (Å²) in [6.07, 6.45) is 0.749. The Morgan fingerprint density at radius 1 is 1.71 bits per heavy atom. The maximum atomic E-state index is 11.6. The lowest BCUT2D eigenvalue weighted by molar-refractivity contribution is -0.223. The Balaban J connectivity index is 2.21. The van der Waals surface area contributed by atoms with Gasteiger partial charge in [-0.15, -0.1) is 0 Å². The second-order valence-corrected chi connectivity index (χ2v) is 4.01. The zero-order chi connectivity index (χ0) is 10.3. The molecule has 6 nitrogen and oxygen atoms in total. The monoisotopic (exact) mass is 196 g/mol. The van der Waals surface area contributed by atoms with Gasteiger partial charge in [-0.3, -0.25) is 4.79 Å². The third kappa shape index (κ3) is 1.08. The lowest BCUT2D eigenvalue weighted by atomic mass is 9.88. The Labute approximate surface area is 81.5 Å². The summed E-state index contributed by atoms with van der Waals surface area (Å²) in [5.41, 5.74) is 7.74. The molecule has 6 heteroatoms. The van der Waals surface area contributed by atoms with Crippen molar-refractivity contribution in [2.75, 3.05) is 6.61 Å². The molecule has 0 aromatic rings. The lowest BCUT2D eigenvalue weighted by Gasteiger charge is -2.56. The van der Waals surface area contributed by atoms with Gasteiger partial charge < -0.3 is 9.64 Å². The molecule has 2 atom stereocenters. The molecule has 14 heavy (non-hydrogen) atoms. The highest BCUT2D eigenvalue weighted by atomic mass is 16.5. The number of carbonyl (C=O) groups is 1. The Bertz CT molecular complexity index is 321.